The number of carbonyl (C=O) groups is 2. The van der Waals surface area contributed by atoms with E-state index in [1.54, 1.807) is 12.1 Å². The van der Waals surface area contributed by atoms with Crippen molar-refractivity contribution in [3.8, 4) is 0 Å². The molecule has 1 fully saturated rings. The Morgan fingerprint density at radius 3 is 2.28 bits per heavy atom. The predicted molar refractivity (Wildman–Crippen MR) is 126 cm³/mol. The molecule has 0 N–H and O–H groups in total. The fourth-order valence-corrected chi connectivity index (χ4v) is 4.13. The number of benzene rings is 3. The van der Waals surface area contributed by atoms with Crippen LogP contribution < -0.4 is 9.80 Å². The summed E-state index contributed by atoms with van der Waals surface area (Å²) in [4.78, 5) is 30.0. The summed E-state index contributed by atoms with van der Waals surface area (Å²) in [5, 5.41) is 0. The normalized spacial score (nSPS) is 17.1. The topological polar surface area (TPSA) is 40.6 Å². The molecule has 0 radical (unpaired) electrons. The zero-order chi connectivity index (χ0) is 22.8. The molecular formula is C27H25FN2O2. The monoisotopic (exact) mass is 428 g/mol. The van der Waals surface area contributed by atoms with Crippen LogP contribution >= 0.6 is 0 Å². The second kappa shape index (κ2) is 8.79. The van der Waals surface area contributed by atoms with Crippen LogP contribution in [-0.2, 0) is 9.59 Å². The molecule has 2 amide bonds. The maximum absolute atomic E-state index is 14.7. The summed E-state index contributed by atoms with van der Waals surface area (Å²) in [6.07, 6.45) is 1.87. The van der Waals surface area contributed by atoms with Gasteiger partial charge in [0.1, 0.15) is 18.4 Å². The van der Waals surface area contributed by atoms with Gasteiger partial charge in [-0.05, 0) is 61.2 Å². The number of para-hydroxylation sites is 1. The highest BCUT2D eigenvalue weighted by atomic mass is 19.1. The number of carbonyl (C=O) groups excluding carboxylic acids is 2. The van der Waals surface area contributed by atoms with Gasteiger partial charge >= 0.3 is 0 Å². The van der Waals surface area contributed by atoms with Crippen LogP contribution in [0.4, 0.5) is 15.8 Å². The maximum atomic E-state index is 14.7. The summed E-state index contributed by atoms with van der Waals surface area (Å²) in [5.41, 5.74) is 4.35. The first-order chi connectivity index (χ1) is 15.4. The predicted octanol–water partition coefficient (Wildman–Crippen LogP) is 5.29. The Kier molecular flexibility index (Phi) is 5.91. The number of rotatable bonds is 4. The van der Waals surface area contributed by atoms with Gasteiger partial charge in [-0.15, -0.1) is 0 Å². The van der Waals surface area contributed by atoms with Crippen LogP contribution in [0.5, 0.6) is 0 Å². The van der Waals surface area contributed by atoms with Gasteiger partial charge in [-0.25, -0.2) is 4.39 Å². The van der Waals surface area contributed by atoms with Crippen LogP contribution in [0.2, 0.25) is 0 Å². The van der Waals surface area contributed by atoms with E-state index >= 15 is 0 Å². The zero-order valence-corrected chi connectivity index (χ0v) is 18.4. The molecule has 1 aliphatic heterocycles. The van der Waals surface area contributed by atoms with E-state index in [2.05, 4.69) is 0 Å². The van der Waals surface area contributed by atoms with Crippen molar-refractivity contribution in [2.45, 2.75) is 26.8 Å². The Labute approximate surface area is 187 Å². The molecule has 3 aromatic carbocycles. The van der Waals surface area contributed by atoms with E-state index in [0.29, 0.717) is 11.3 Å². The van der Waals surface area contributed by atoms with E-state index in [9.17, 15) is 14.0 Å². The molecule has 0 unspecified atom stereocenters. The Hall–Kier alpha value is -3.73. The quantitative estimate of drug-likeness (QED) is 0.566. The minimum Gasteiger partial charge on any atom is -0.301 e. The first-order valence-corrected chi connectivity index (χ1v) is 10.6. The molecule has 162 valence electrons. The molecule has 5 heteroatoms. The van der Waals surface area contributed by atoms with E-state index in [4.69, 9.17) is 0 Å². The van der Waals surface area contributed by atoms with E-state index in [-0.39, 0.29) is 24.0 Å². The first kappa shape index (κ1) is 21.5. The van der Waals surface area contributed by atoms with Gasteiger partial charge in [0.25, 0.3) is 5.91 Å². The van der Waals surface area contributed by atoms with E-state index < -0.39 is 11.9 Å². The first-order valence-electron chi connectivity index (χ1n) is 10.6. The van der Waals surface area contributed by atoms with Gasteiger partial charge < -0.3 is 4.90 Å². The minimum atomic E-state index is -0.951. The fourth-order valence-electron chi connectivity index (χ4n) is 4.13. The van der Waals surface area contributed by atoms with E-state index in [1.165, 1.54) is 21.9 Å². The van der Waals surface area contributed by atoms with E-state index in [0.717, 1.165) is 16.7 Å². The average molecular weight is 429 g/mol. The Balaban J connectivity index is 1.84. The highest BCUT2D eigenvalue weighted by Gasteiger charge is 2.43. The lowest BCUT2D eigenvalue weighted by atomic mass is 9.97. The molecule has 0 aromatic heterocycles. The summed E-state index contributed by atoms with van der Waals surface area (Å²) in [7, 11) is 0. The van der Waals surface area contributed by atoms with Crippen LogP contribution in [0.15, 0.2) is 78.4 Å². The van der Waals surface area contributed by atoms with Crippen LogP contribution in [0, 0.1) is 19.7 Å². The molecule has 1 heterocycles. The number of aryl methyl sites for hydroxylation is 1. The third kappa shape index (κ3) is 3.94. The van der Waals surface area contributed by atoms with Gasteiger partial charge in [-0.3, -0.25) is 14.5 Å². The number of halogens is 1. The second-order valence-electron chi connectivity index (χ2n) is 8.06. The number of hydrogen-bond acceptors (Lipinski definition) is 2. The van der Waals surface area contributed by atoms with Crippen molar-refractivity contribution in [3.05, 3.63) is 101 Å². The molecule has 1 aliphatic rings. The molecule has 4 rings (SSSR count). The van der Waals surface area contributed by atoms with Gasteiger partial charge in [0, 0.05) is 5.69 Å². The maximum Gasteiger partial charge on any atom is 0.254 e. The molecule has 0 spiro atoms. The summed E-state index contributed by atoms with van der Waals surface area (Å²) < 4.78 is 14.7. The molecule has 0 bridgehead atoms. The van der Waals surface area contributed by atoms with Crippen molar-refractivity contribution in [1.29, 1.82) is 0 Å². The molecular weight excluding hydrogens is 403 g/mol. The minimum absolute atomic E-state index is 0.109. The highest BCUT2D eigenvalue weighted by Crippen LogP contribution is 2.33. The van der Waals surface area contributed by atoms with Crippen LogP contribution in [-0.4, -0.2) is 24.4 Å². The summed E-state index contributed by atoms with van der Waals surface area (Å²) >= 11 is 0. The third-order valence-electron chi connectivity index (χ3n) is 5.92. The second-order valence-corrected chi connectivity index (χ2v) is 8.06. The van der Waals surface area contributed by atoms with Crippen molar-refractivity contribution in [2.24, 2.45) is 0 Å². The van der Waals surface area contributed by atoms with Crippen LogP contribution in [0.1, 0.15) is 23.6 Å². The number of piperazine rings is 1. The fraction of sp³-hybridized carbons (Fsp3) is 0.185. The third-order valence-corrected chi connectivity index (χ3v) is 5.92. The summed E-state index contributed by atoms with van der Waals surface area (Å²) in [6.45, 7) is 5.57. The van der Waals surface area contributed by atoms with Gasteiger partial charge in [0.05, 0.1) is 5.69 Å². The van der Waals surface area contributed by atoms with Crippen molar-refractivity contribution in [3.63, 3.8) is 0 Å². The van der Waals surface area contributed by atoms with Gasteiger partial charge in [0.15, 0.2) is 0 Å². The molecule has 1 saturated heterocycles. The van der Waals surface area contributed by atoms with Gasteiger partial charge in [-0.1, -0.05) is 60.7 Å². The number of anilines is 2. The smallest absolute Gasteiger partial charge is 0.254 e. The zero-order valence-electron chi connectivity index (χ0n) is 18.4. The summed E-state index contributed by atoms with van der Waals surface area (Å²) in [6, 6.07) is 20.4. The standard InChI is InChI=1S/C27H25FN2O2/c1-18-10-9-15-23(20(18)3)29-17-25(31)30(24-14-8-7-13-22(24)28)26(27(29)32)19(2)16-21-11-5-4-6-12-21/h4-16,26H,17H2,1-3H3/b19-16+/t26-/m0/s1. The largest absolute Gasteiger partial charge is 0.301 e. The Morgan fingerprint density at radius 1 is 0.906 bits per heavy atom. The molecule has 0 aliphatic carbocycles. The average Bonchev–Trinajstić information content (AvgIpc) is 2.78. The van der Waals surface area contributed by atoms with Gasteiger partial charge in [-0.2, -0.15) is 0 Å². The van der Waals surface area contributed by atoms with Crippen molar-refractivity contribution >= 4 is 29.3 Å². The molecule has 1 atom stereocenters. The number of amides is 2. The lowest BCUT2D eigenvalue weighted by Crippen LogP contribution is -2.61. The van der Waals surface area contributed by atoms with Crippen molar-refractivity contribution in [2.75, 3.05) is 16.3 Å². The molecule has 32 heavy (non-hydrogen) atoms. The molecule has 4 nitrogen and oxygen atoms in total. The van der Waals surface area contributed by atoms with Crippen molar-refractivity contribution in [1.82, 2.24) is 0 Å². The lowest BCUT2D eigenvalue weighted by molar-refractivity contribution is -0.127. The number of nitrogens with zero attached hydrogens (tertiary/aromatic N) is 2. The Bertz CT molecular complexity index is 1200. The van der Waals surface area contributed by atoms with Crippen LogP contribution in [0.3, 0.4) is 0 Å². The SMILES string of the molecule is C/C(=C\c1ccccc1)[C@H]1C(=O)N(c2cccc(C)c2C)CC(=O)N1c1ccccc1F. The number of hydrogen-bond donors (Lipinski definition) is 0. The van der Waals surface area contributed by atoms with Gasteiger partial charge in [0.2, 0.25) is 5.91 Å². The molecule has 3 aromatic rings. The Morgan fingerprint density at radius 2 is 1.56 bits per heavy atom. The van der Waals surface area contributed by atoms with Crippen molar-refractivity contribution < 1.29 is 14.0 Å². The van der Waals surface area contributed by atoms with E-state index in [1.807, 2.05) is 75.4 Å². The van der Waals surface area contributed by atoms with Crippen LogP contribution in [0.25, 0.3) is 6.08 Å². The summed E-state index contributed by atoms with van der Waals surface area (Å²) in [5.74, 6) is -1.13. The molecule has 0 saturated carbocycles. The lowest BCUT2D eigenvalue weighted by Gasteiger charge is -2.41. The highest BCUT2D eigenvalue weighted by molar-refractivity contribution is 6.16.